The van der Waals surface area contributed by atoms with E-state index in [1.807, 2.05) is 36.2 Å². The third-order valence-corrected chi connectivity index (χ3v) is 3.63. The Morgan fingerprint density at radius 3 is 2.89 bits per heavy atom. The zero-order valence-electron chi connectivity index (χ0n) is 10.9. The maximum absolute atomic E-state index is 10.7. The lowest BCUT2D eigenvalue weighted by molar-refractivity contribution is -0.133. The van der Waals surface area contributed by atoms with Crippen molar-refractivity contribution in [3.05, 3.63) is 24.0 Å². The van der Waals surface area contributed by atoms with Crippen LogP contribution >= 0.6 is 11.8 Å². The van der Waals surface area contributed by atoms with Crippen LogP contribution in [0.3, 0.4) is 0 Å². The van der Waals surface area contributed by atoms with E-state index in [1.54, 1.807) is 6.33 Å². The Balaban J connectivity index is 2.28. The number of imidazole rings is 1. The average Bonchev–Trinajstić information content (AvgIpc) is 2.92. The molecule has 0 saturated heterocycles. The first-order valence-corrected chi connectivity index (χ1v) is 6.71. The lowest BCUT2D eigenvalue weighted by atomic mass is 10.3. The third kappa shape index (κ3) is 2.95. The number of carboxylic acids is 1. The van der Waals surface area contributed by atoms with Crippen LogP contribution in [0.4, 0.5) is 0 Å². The van der Waals surface area contributed by atoms with Crippen LogP contribution in [-0.4, -0.2) is 41.1 Å². The predicted octanol–water partition coefficient (Wildman–Crippen LogP) is 1.11. The maximum Gasteiger partial charge on any atom is 0.313 e. The van der Waals surface area contributed by atoms with Crippen molar-refractivity contribution in [2.24, 2.45) is 7.05 Å². The SMILES string of the molecule is Cc1cn(C(C)c2nncn2C)c(SCC(=O)O)n1. The second-order valence-corrected chi connectivity index (χ2v) is 5.17. The number of nitrogens with zero attached hydrogens (tertiary/aromatic N) is 5. The fraction of sp³-hybridized carbons (Fsp3) is 0.455. The van der Waals surface area contributed by atoms with Gasteiger partial charge in [0.05, 0.1) is 17.5 Å². The molecule has 2 rings (SSSR count). The Morgan fingerprint density at radius 2 is 2.32 bits per heavy atom. The van der Waals surface area contributed by atoms with Crippen molar-refractivity contribution in [2.75, 3.05) is 5.75 Å². The van der Waals surface area contributed by atoms with Gasteiger partial charge in [-0.15, -0.1) is 10.2 Å². The van der Waals surface area contributed by atoms with E-state index in [4.69, 9.17) is 5.11 Å². The van der Waals surface area contributed by atoms with Crippen LogP contribution in [0.5, 0.6) is 0 Å². The van der Waals surface area contributed by atoms with E-state index in [0.717, 1.165) is 11.5 Å². The van der Waals surface area contributed by atoms with Crippen LogP contribution in [-0.2, 0) is 11.8 Å². The Bertz CT molecular complexity index is 592. The van der Waals surface area contributed by atoms with Crippen molar-refractivity contribution in [2.45, 2.75) is 25.0 Å². The van der Waals surface area contributed by atoms with Crippen molar-refractivity contribution in [1.82, 2.24) is 24.3 Å². The number of aryl methyl sites for hydroxylation is 2. The summed E-state index contributed by atoms with van der Waals surface area (Å²) in [7, 11) is 1.87. The number of rotatable bonds is 5. The number of aromatic nitrogens is 5. The zero-order chi connectivity index (χ0) is 14.0. The van der Waals surface area contributed by atoms with Gasteiger partial charge in [0, 0.05) is 13.2 Å². The summed E-state index contributed by atoms with van der Waals surface area (Å²) in [4.78, 5) is 15.0. The molecule has 1 N–H and O–H groups in total. The second kappa shape index (κ2) is 5.43. The molecule has 0 amide bonds. The summed E-state index contributed by atoms with van der Waals surface area (Å²) in [6.07, 6.45) is 3.53. The highest BCUT2D eigenvalue weighted by atomic mass is 32.2. The maximum atomic E-state index is 10.7. The Morgan fingerprint density at radius 1 is 1.58 bits per heavy atom. The summed E-state index contributed by atoms with van der Waals surface area (Å²) < 4.78 is 3.76. The molecular weight excluding hydrogens is 266 g/mol. The molecule has 102 valence electrons. The highest BCUT2D eigenvalue weighted by molar-refractivity contribution is 7.99. The van der Waals surface area contributed by atoms with Gasteiger partial charge in [-0.1, -0.05) is 11.8 Å². The van der Waals surface area contributed by atoms with Crippen LogP contribution in [0.2, 0.25) is 0 Å². The highest BCUT2D eigenvalue weighted by Crippen LogP contribution is 2.24. The molecule has 1 unspecified atom stereocenters. The molecule has 0 saturated carbocycles. The number of carbonyl (C=O) groups is 1. The van der Waals surface area contributed by atoms with Gasteiger partial charge in [0.2, 0.25) is 0 Å². The molecule has 19 heavy (non-hydrogen) atoms. The highest BCUT2D eigenvalue weighted by Gasteiger charge is 2.18. The first-order chi connectivity index (χ1) is 8.99. The van der Waals surface area contributed by atoms with E-state index >= 15 is 0 Å². The first-order valence-electron chi connectivity index (χ1n) is 5.73. The number of hydrogen-bond acceptors (Lipinski definition) is 5. The summed E-state index contributed by atoms with van der Waals surface area (Å²) in [5.74, 6) is -0.0692. The summed E-state index contributed by atoms with van der Waals surface area (Å²) >= 11 is 1.20. The summed E-state index contributed by atoms with van der Waals surface area (Å²) in [5.41, 5.74) is 0.849. The molecule has 8 heteroatoms. The largest absolute Gasteiger partial charge is 0.481 e. The molecule has 0 aliphatic carbocycles. The van der Waals surface area contributed by atoms with E-state index in [0.29, 0.717) is 5.16 Å². The number of hydrogen-bond donors (Lipinski definition) is 1. The van der Waals surface area contributed by atoms with Gasteiger partial charge >= 0.3 is 5.97 Å². The summed E-state index contributed by atoms with van der Waals surface area (Å²) in [5, 5.41) is 17.4. The molecule has 0 radical (unpaired) electrons. The number of aliphatic carboxylic acids is 1. The molecule has 0 spiro atoms. The first kappa shape index (κ1) is 13.6. The van der Waals surface area contributed by atoms with Crippen LogP contribution < -0.4 is 0 Å². The lowest BCUT2D eigenvalue weighted by Gasteiger charge is -2.14. The third-order valence-electron chi connectivity index (χ3n) is 2.68. The minimum Gasteiger partial charge on any atom is -0.481 e. The van der Waals surface area contributed by atoms with Gasteiger partial charge < -0.3 is 14.2 Å². The topological polar surface area (TPSA) is 85.8 Å². The molecule has 0 bridgehead atoms. The second-order valence-electron chi connectivity index (χ2n) is 4.23. The monoisotopic (exact) mass is 281 g/mol. The van der Waals surface area contributed by atoms with Crippen molar-refractivity contribution in [1.29, 1.82) is 0 Å². The molecule has 7 nitrogen and oxygen atoms in total. The van der Waals surface area contributed by atoms with Crippen molar-refractivity contribution in [3.8, 4) is 0 Å². The van der Waals surface area contributed by atoms with E-state index in [1.165, 1.54) is 11.8 Å². The molecule has 0 aliphatic rings. The normalized spacial score (nSPS) is 12.6. The quantitative estimate of drug-likeness (QED) is 0.826. The van der Waals surface area contributed by atoms with Crippen LogP contribution in [0.15, 0.2) is 17.7 Å². The molecule has 2 heterocycles. The van der Waals surface area contributed by atoms with Gasteiger partial charge in [-0.2, -0.15) is 0 Å². The van der Waals surface area contributed by atoms with Crippen molar-refractivity contribution in [3.63, 3.8) is 0 Å². The van der Waals surface area contributed by atoms with Crippen molar-refractivity contribution < 1.29 is 9.90 Å². The van der Waals surface area contributed by atoms with Crippen molar-refractivity contribution >= 4 is 17.7 Å². The van der Waals surface area contributed by atoms with E-state index in [-0.39, 0.29) is 11.8 Å². The lowest BCUT2D eigenvalue weighted by Crippen LogP contribution is -2.12. The predicted molar refractivity (Wildman–Crippen MR) is 70.1 cm³/mol. The van der Waals surface area contributed by atoms with Gasteiger partial charge in [0.15, 0.2) is 11.0 Å². The fourth-order valence-electron chi connectivity index (χ4n) is 1.80. The summed E-state index contributed by atoms with van der Waals surface area (Å²) in [6.45, 7) is 3.86. The van der Waals surface area contributed by atoms with Crippen LogP contribution in [0.1, 0.15) is 24.5 Å². The van der Waals surface area contributed by atoms with Gasteiger partial charge in [0.25, 0.3) is 0 Å². The zero-order valence-corrected chi connectivity index (χ0v) is 11.8. The molecule has 2 aromatic heterocycles. The van der Waals surface area contributed by atoms with Crippen LogP contribution in [0, 0.1) is 6.92 Å². The smallest absolute Gasteiger partial charge is 0.313 e. The molecular formula is C11H15N5O2S. The minimum atomic E-state index is -0.858. The fourth-order valence-corrected chi connectivity index (χ4v) is 2.62. The van der Waals surface area contributed by atoms with Gasteiger partial charge in [-0.05, 0) is 13.8 Å². The Hall–Kier alpha value is -1.83. The molecule has 2 aromatic rings. The Kier molecular flexibility index (Phi) is 3.89. The number of thioether (sulfide) groups is 1. The molecule has 0 fully saturated rings. The van der Waals surface area contributed by atoms with Crippen LogP contribution in [0.25, 0.3) is 0 Å². The van der Waals surface area contributed by atoms with Gasteiger partial charge in [-0.25, -0.2) is 4.98 Å². The average molecular weight is 281 g/mol. The van der Waals surface area contributed by atoms with E-state index in [2.05, 4.69) is 15.2 Å². The Labute approximate surface area is 114 Å². The van der Waals surface area contributed by atoms with E-state index < -0.39 is 5.97 Å². The summed E-state index contributed by atoms with van der Waals surface area (Å²) in [6, 6.07) is -0.0509. The number of carboxylic acid groups (broad SMARTS) is 1. The molecule has 1 atom stereocenters. The van der Waals surface area contributed by atoms with Gasteiger partial charge in [-0.3, -0.25) is 4.79 Å². The standard InChI is InChI=1S/C11H15N5O2S/c1-7-4-16(11(13-7)19-5-9(17)18)8(2)10-14-12-6-15(10)3/h4,6,8H,5H2,1-3H3,(H,17,18). The molecule has 0 aromatic carbocycles. The van der Waals surface area contributed by atoms with E-state index in [9.17, 15) is 4.79 Å². The van der Waals surface area contributed by atoms with Gasteiger partial charge in [0.1, 0.15) is 6.33 Å². The minimum absolute atomic E-state index is 0.0119. The molecule has 0 aliphatic heterocycles.